The summed E-state index contributed by atoms with van der Waals surface area (Å²) >= 11 is 0. The summed E-state index contributed by atoms with van der Waals surface area (Å²) in [4.78, 5) is 0. The highest BCUT2D eigenvalue weighted by Crippen LogP contribution is 2.65. The first-order valence-electron chi connectivity index (χ1n) is 8.32. The minimum atomic E-state index is -2.66. The van der Waals surface area contributed by atoms with Crippen molar-refractivity contribution in [1.29, 1.82) is 0 Å². The van der Waals surface area contributed by atoms with Gasteiger partial charge in [0.2, 0.25) is 0 Å². The van der Waals surface area contributed by atoms with E-state index < -0.39 is 8.80 Å². The van der Waals surface area contributed by atoms with Gasteiger partial charge >= 0.3 is 8.80 Å². The second kappa shape index (κ2) is 6.07. The second-order valence-electron chi connectivity index (χ2n) is 7.48. The molecule has 0 atom stereocenters. The van der Waals surface area contributed by atoms with Crippen LogP contribution >= 0.6 is 0 Å². The van der Waals surface area contributed by atoms with E-state index in [1.54, 1.807) is 0 Å². The van der Waals surface area contributed by atoms with Gasteiger partial charge in [-0.3, -0.25) is 0 Å². The first kappa shape index (κ1) is 16.5. The molecule has 118 valence electrons. The minimum absolute atomic E-state index is 0.160. The summed E-state index contributed by atoms with van der Waals surface area (Å²) in [5.74, 6) is 0.879. The monoisotopic (exact) mass is 300 g/mol. The smallest absolute Gasteiger partial charge is 0.371 e. The van der Waals surface area contributed by atoms with E-state index in [0.29, 0.717) is 0 Å². The molecule has 2 fully saturated rings. The van der Waals surface area contributed by atoms with Crippen molar-refractivity contribution in [2.45, 2.75) is 97.0 Å². The number of hydrogen-bond acceptors (Lipinski definition) is 3. The van der Waals surface area contributed by atoms with Gasteiger partial charge in [0.25, 0.3) is 0 Å². The van der Waals surface area contributed by atoms with Crippen molar-refractivity contribution >= 4 is 8.80 Å². The van der Waals surface area contributed by atoms with E-state index in [1.807, 2.05) is 0 Å². The molecule has 0 aromatic heterocycles. The predicted octanol–water partition coefficient (Wildman–Crippen LogP) is 4.53. The molecule has 2 aliphatic rings. The summed E-state index contributed by atoms with van der Waals surface area (Å²) in [6.45, 7) is 12.6. The molecule has 0 aliphatic heterocycles. The van der Waals surface area contributed by atoms with Crippen LogP contribution in [-0.2, 0) is 13.3 Å². The van der Waals surface area contributed by atoms with Crippen molar-refractivity contribution in [2.24, 2.45) is 5.92 Å². The highest BCUT2D eigenvalue weighted by atomic mass is 28.4. The Hall–Kier alpha value is 0.0969. The molecule has 0 saturated heterocycles. The fourth-order valence-electron chi connectivity index (χ4n) is 4.01. The van der Waals surface area contributed by atoms with Crippen LogP contribution in [0.2, 0.25) is 5.04 Å². The van der Waals surface area contributed by atoms with E-state index in [1.165, 1.54) is 32.1 Å². The quantitative estimate of drug-likeness (QED) is 0.646. The van der Waals surface area contributed by atoms with Gasteiger partial charge in [0, 0.05) is 23.4 Å². The fourth-order valence-corrected chi connectivity index (χ4v) is 8.23. The first-order valence-corrected chi connectivity index (χ1v) is 10.0. The second-order valence-corrected chi connectivity index (χ2v) is 10.4. The zero-order valence-corrected chi connectivity index (χ0v) is 15.1. The molecule has 2 bridgehead atoms. The molecule has 0 N–H and O–H groups in total. The Balaban J connectivity index is 2.33. The van der Waals surface area contributed by atoms with Gasteiger partial charge in [-0.1, -0.05) is 0 Å². The maximum Gasteiger partial charge on any atom is 0.508 e. The first-order chi connectivity index (χ1) is 9.28. The van der Waals surface area contributed by atoms with E-state index >= 15 is 0 Å². The van der Waals surface area contributed by atoms with E-state index in [-0.39, 0.29) is 23.4 Å². The van der Waals surface area contributed by atoms with Crippen molar-refractivity contribution in [2.75, 3.05) is 0 Å². The molecule has 2 rings (SSSR count). The summed E-state index contributed by atoms with van der Waals surface area (Å²) in [5, 5.41) is 0.191. The SMILES string of the molecule is CC(C)O[Si](OC(C)C)(OC(C)C)C12CCC(CC1)C2. The molecule has 0 unspecified atom stereocenters. The molecular weight excluding hydrogens is 268 g/mol. The van der Waals surface area contributed by atoms with Gasteiger partial charge in [-0.15, -0.1) is 0 Å². The standard InChI is InChI=1S/C16H32O3Si/c1-12(2)17-20(18-13(3)4,19-14(5)6)16-9-7-15(11-16)8-10-16/h12-15H,7-11H2,1-6H3. The zero-order valence-electron chi connectivity index (χ0n) is 14.1. The highest BCUT2D eigenvalue weighted by molar-refractivity contribution is 6.64. The Morgan fingerprint density at radius 1 is 0.800 bits per heavy atom. The van der Waals surface area contributed by atoms with Gasteiger partial charge in [0.05, 0.1) is 0 Å². The normalized spacial score (nSPS) is 30.1. The molecule has 20 heavy (non-hydrogen) atoms. The van der Waals surface area contributed by atoms with Gasteiger partial charge < -0.3 is 13.3 Å². The summed E-state index contributed by atoms with van der Waals surface area (Å²) in [6.07, 6.45) is 6.87. The lowest BCUT2D eigenvalue weighted by Gasteiger charge is -2.45. The Kier molecular flexibility index (Phi) is 5.00. The minimum Gasteiger partial charge on any atom is -0.371 e. The Morgan fingerprint density at radius 2 is 1.20 bits per heavy atom. The third-order valence-electron chi connectivity index (χ3n) is 4.56. The lowest BCUT2D eigenvalue weighted by Crippen LogP contribution is -2.58. The summed E-state index contributed by atoms with van der Waals surface area (Å²) in [6, 6.07) is 0. The molecule has 2 saturated carbocycles. The van der Waals surface area contributed by atoms with Crippen LogP contribution in [0.15, 0.2) is 0 Å². The Morgan fingerprint density at radius 3 is 1.45 bits per heavy atom. The van der Waals surface area contributed by atoms with Gasteiger partial charge in [0.1, 0.15) is 0 Å². The van der Waals surface area contributed by atoms with Crippen molar-refractivity contribution in [1.82, 2.24) is 0 Å². The lowest BCUT2D eigenvalue weighted by molar-refractivity contribution is -0.0182. The van der Waals surface area contributed by atoms with E-state index in [9.17, 15) is 0 Å². The predicted molar refractivity (Wildman–Crippen MR) is 83.7 cm³/mol. The molecule has 0 amide bonds. The molecule has 2 aliphatic carbocycles. The largest absolute Gasteiger partial charge is 0.508 e. The molecule has 0 radical (unpaired) electrons. The molecular formula is C16H32O3Si. The van der Waals surface area contributed by atoms with Crippen LogP contribution in [0, 0.1) is 5.92 Å². The van der Waals surface area contributed by atoms with E-state index in [0.717, 1.165) is 5.92 Å². The molecule has 4 heteroatoms. The topological polar surface area (TPSA) is 27.7 Å². The van der Waals surface area contributed by atoms with Crippen molar-refractivity contribution < 1.29 is 13.3 Å². The molecule has 0 aromatic rings. The average molecular weight is 301 g/mol. The fraction of sp³-hybridized carbons (Fsp3) is 1.00. The molecule has 3 nitrogen and oxygen atoms in total. The number of fused-ring (bicyclic) bond motifs is 2. The van der Waals surface area contributed by atoms with E-state index in [4.69, 9.17) is 13.3 Å². The number of hydrogen-bond donors (Lipinski definition) is 0. The van der Waals surface area contributed by atoms with Crippen LogP contribution in [0.3, 0.4) is 0 Å². The summed E-state index contributed by atoms with van der Waals surface area (Å²) < 4.78 is 19.4. The third-order valence-corrected chi connectivity index (χ3v) is 8.91. The molecule has 0 heterocycles. The lowest BCUT2D eigenvalue weighted by atomic mass is 10.0. The van der Waals surface area contributed by atoms with Gasteiger partial charge in [-0.2, -0.15) is 0 Å². The average Bonchev–Trinajstić information content (AvgIpc) is 2.86. The van der Waals surface area contributed by atoms with Crippen LogP contribution in [0.1, 0.15) is 73.6 Å². The number of rotatable bonds is 7. The van der Waals surface area contributed by atoms with Gasteiger partial charge in [-0.25, -0.2) is 0 Å². The summed E-state index contributed by atoms with van der Waals surface area (Å²) in [7, 11) is -2.66. The van der Waals surface area contributed by atoms with E-state index in [2.05, 4.69) is 41.5 Å². The Bertz CT molecular complexity index is 293. The van der Waals surface area contributed by atoms with Crippen LogP contribution in [-0.4, -0.2) is 27.1 Å². The van der Waals surface area contributed by atoms with Crippen LogP contribution in [0.5, 0.6) is 0 Å². The van der Waals surface area contributed by atoms with Crippen LogP contribution in [0.4, 0.5) is 0 Å². The van der Waals surface area contributed by atoms with Crippen molar-refractivity contribution in [3.05, 3.63) is 0 Å². The van der Waals surface area contributed by atoms with Crippen molar-refractivity contribution in [3.8, 4) is 0 Å². The van der Waals surface area contributed by atoms with Crippen molar-refractivity contribution in [3.63, 3.8) is 0 Å². The van der Waals surface area contributed by atoms with Gasteiger partial charge in [-0.05, 0) is 79.6 Å². The molecule has 0 aromatic carbocycles. The maximum absolute atomic E-state index is 6.46. The Labute approximate surface area is 125 Å². The van der Waals surface area contributed by atoms with Crippen LogP contribution < -0.4 is 0 Å². The van der Waals surface area contributed by atoms with Gasteiger partial charge in [0.15, 0.2) is 0 Å². The summed E-state index contributed by atoms with van der Waals surface area (Å²) in [5.41, 5.74) is 0. The third kappa shape index (κ3) is 3.13. The highest BCUT2D eigenvalue weighted by Gasteiger charge is 2.66. The maximum atomic E-state index is 6.46. The zero-order chi connectivity index (χ0) is 15.0. The van der Waals surface area contributed by atoms with Crippen LogP contribution in [0.25, 0.3) is 0 Å². The molecule has 0 spiro atoms.